The molecule has 2 rings (SSSR count). The number of anilines is 1. The van der Waals surface area contributed by atoms with E-state index in [9.17, 15) is 9.90 Å². The van der Waals surface area contributed by atoms with E-state index in [0.717, 1.165) is 5.69 Å². The van der Waals surface area contributed by atoms with Crippen LogP contribution in [0.5, 0.6) is 5.75 Å². The van der Waals surface area contributed by atoms with Gasteiger partial charge in [0, 0.05) is 19.0 Å². The summed E-state index contributed by atoms with van der Waals surface area (Å²) in [6.45, 7) is 3.30. The highest BCUT2D eigenvalue weighted by Gasteiger charge is 2.27. The van der Waals surface area contributed by atoms with Gasteiger partial charge >= 0.3 is 0 Å². The molecule has 0 saturated carbocycles. The molecule has 1 unspecified atom stereocenters. The SMILES string of the molecule is CC(=O)Nc1ccc(O[C@H]2CCC(O)[C@H](C)O2)cc1. The highest BCUT2D eigenvalue weighted by molar-refractivity contribution is 5.88. The van der Waals surface area contributed by atoms with Crippen LogP contribution in [-0.2, 0) is 9.53 Å². The number of amides is 1. The molecular formula is C14H19NO4. The number of ether oxygens (including phenoxy) is 2. The van der Waals surface area contributed by atoms with Crippen LogP contribution in [0.25, 0.3) is 0 Å². The largest absolute Gasteiger partial charge is 0.465 e. The monoisotopic (exact) mass is 265 g/mol. The highest BCUT2D eigenvalue weighted by atomic mass is 16.7. The van der Waals surface area contributed by atoms with E-state index in [1.165, 1.54) is 6.92 Å². The fourth-order valence-corrected chi connectivity index (χ4v) is 2.00. The number of hydrogen-bond acceptors (Lipinski definition) is 4. The lowest BCUT2D eigenvalue weighted by atomic mass is 10.1. The Morgan fingerprint density at radius 1 is 1.37 bits per heavy atom. The number of nitrogens with one attached hydrogen (secondary N) is 1. The number of carbonyl (C=O) groups is 1. The smallest absolute Gasteiger partial charge is 0.221 e. The predicted octanol–water partition coefficient (Wildman–Crippen LogP) is 1.91. The zero-order valence-electron chi connectivity index (χ0n) is 11.1. The molecule has 5 nitrogen and oxygen atoms in total. The molecule has 1 fully saturated rings. The van der Waals surface area contributed by atoms with Crippen molar-refractivity contribution < 1.29 is 19.4 Å². The highest BCUT2D eigenvalue weighted by Crippen LogP contribution is 2.23. The fourth-order valence-electron chi connectivity index (χ4n) is 2.00. The number of aliphatic hydroxyl groups excluding tert-OH is 1. The van der Waals surface area contributed by atoms with Gasteiger partial charge in [0.25, 0.3) is 0 Å². The lowest BCUT2D eigenvalue weighted by Crippen LogP contribution is -2.39. The summed E-state index contributed by atoms with van der Waals surface area (Å²) in [6.07, 6.45) is 0.388. The third-order valence-corrected chi connectivity index (χ3v) is 3.05. The van der Waals surface area contributed by atoms with E-state index in [1.54, 1.807) is 24.3 Å². The first-order chi connectivity index (χ1) is 9.04. The van der Waals surface area contributed by atoms with E-state index in [0.29, 0.717) is 18.6 Å². The zero-order valence-corrected chi connectivity index (χ0v) is 11.1. The van der Waals surface area contributed by atoms with Crippen LogP contribution in [-0.4, -0.2) is 29.5 Å². The Kier molecular flexibility index (Phi) is 4.39. The van der Waals surface area contributed by atoms with Crippen molar-refractivity contribution in [3.8, 4) is 5.75 Å². The number of carbonyl (C=O) groups excluding carboxylic acids is 1. The van der Waals surface area contributed by atoms with Gasteiger partial charge in [-0.2, -0.15) is 0 Å². The molecule has 1 amide bonds. The van der Waals surface area contributed by atoms with Crippen LogP contribution < -0.4 is 10.1 Å². The van der Waals surface area contributed by atoms with Crippen LogP contribution in [0.2, 0.25) is 0 Å². The minimum absolute atomic E-state index is 0.105. The summed E-state index contributed by atoms with van der Waals surface area (Å²) in [5.74, 6) is 0.579. The van der Waals surface area contributed by atoms with Gasteiger partial charge in [-0.1, -0.05) is 0 Å². The molecule has 1 aliphatic heterocycles. The summed E-state index contributed by atoms with van der Waals surface area (Å²) in [5, 5.41) is 12.3. The maximum atomic E-state index is 10.9. The Balaban J connectivity index is 1.91. The van der Waals surface area contributed by atoms with E-state index in [2.05, 4.69) is 5.32 Å². The van der Waals surface area contributed by atoms with Gasteiger partial charge in [-0.3, -0.25) is 4.79 Å². The minimum Gasteiger partial charge on any atom is -0.465 e. The predicted molar refractivity (Wildman–Crippen MR) is 70.9 cm³/mol. The number of hydrogen-bond donors (Lipinski definition) is 2. The lowest BCUT2D eigenvalue weighted by molar-refractivity contribution is -0.180. The van der Waals surface area contributed by atoms with Crippen LogP contribution in [0.3, 0.4) is 0 Å². The van der Waals surface area contributed by atoms with E-state index in [1.807, 2.05) is 6.92 Å². The fraction of sp³-hybridized carbons (Fsp3) is 0.500. The Hall–Kier alpha value is -1.59. The van der Waals surface area contributed by atoms with Crippen molar-refractivity contribution in [1.29, 1.82) is 0 Å². The zero-order chi connectivity index (χ0) is 13.8. The van der Waals surface area contributed by atoms with E-state index >= 15 is 0 Å². The average molecular weight is 265 g/mol. The second kappa shape index (κ2) is 6.04. The number of benzene rings is 1. The minimum atomic E-state index is -0.415. The van der Waals surface area contributed by atoms with Gasteiger partial charge in [0.15, 0.2) is 6.29 Å². The molecule has 1 aliphatic rings. The average Bonchev–Trinajstić information content (AvgIpc) is 2.36. The molecule has 3 atom stereocenters. The molecule has 1 heterocycles. The quantitative estimate of drug-likeness (QED) is 0.876. The van der Waals surface area contributed by atoms with Crippen LogP contribution in [0.15, 0.2) is 24.3 Å². The third-order valence-electron chi connectivity index (χ3n) is 3.05. The first kappa shape index (κ1) is 13.8. The Morgan fingerprint density at radius 2 is 2.05 bits per heavy atom. The van der Waals surface area contributed by atoms with Crippen LogP contribution in [0.4, 0.5) is 5.69 Å². The Labute approximate surface area is 112 Å². The van der Waals surface area contributed by atoms with Gasteiger partial charge < -0.3 is 19.9 Å². The molecule has 0 bridgehead atoms. The molecule has 5 heteroatoms. The number of rotatable bonds is 3. The molecule has 1 aromatic carbocycles. The van der Waals surface area contributed by atoms with Crippen molar-refractivity contribution in [3.63, 3.8) is 0 Å². The molecule has 19 heavy (non-hydrogen) atoms. The van der Waals surface area contributed by atoms with Crippen molar-refractivity contribution in [2.24, 2.45) is 0 Å². The number of aliphatic hydroxyl groups is 1. The summed E-state index contributed by atoms with van der Waals surface area (Å²) < 4.78 is 11.2. The Bertz CT molecular complexity index is 432. The van der Waals surface area contributed by atoms with Gasteiger partial charge in [-0.05, 0) is 37.6 Å². The van der Waals surface area contributed by atoms with Crippen molar-refractivity contribution >= 4 is 11.6 Å². The van der Waals surface area contributed by atoms with Gasteiger partial charge in [0.05, 0.1) is 12.2 Å². The summed E-state index contributed by atoms with van der Waals surface area (Å²) in [4.78, 5) is 10.9. The van der Waals surface area contributed by atoms with Gasteiger partial charge in [-0.15, -0.1) is 0 Å². The van der Waals surface area contributed by atoms with Gasteiger partial charge in [-0.25, -0.2) is 0 Å². The van der Waals surface area contributed by atoms with Crippen molar-refractivity contribution in [3.05, 3.63) is 24.3 Å². The maximum absolute atomic E-state index is 10.9. The molecule has 0 aliphatic carbocycles. The molecule has 0 radical (unpaired) electrons. The lowest BCUT2D eigenvalue weighted by Gasteiger charge is -2.31. The van der Waals surface area contributed by atoms with Crippen molar-refractivity contribution in [2.75, 3.05) is 5.32 Å². The molecule has 1 saturated heterocycles. The normalized spacial score (nSPS) is 26.8. The van der Waals surface area contributed by atoms with Crippen LogP contribution in [0, 0.1) is 0 Å². The first-order valence-electron chi connectivity index (χ1n) is 6.42. The molecule has 0 aromatic heterocycles. The van der Waals surface area contributed by atoms with Crippen molar-refractivity contribution in [1.82, 2.24) is 0 Å². The topological polar surface area (TPSA) is 67.8 Å². The van der Waals surface area contributed by atoms with E-state index in [4.69, 9.17) is 9.47 Å². The molecule has 2 N–H and O–H groups in total. The Morgan fingerprint density at radius 3 is 2.63 bits per heavy atom. The summed E-state index contributed by atoms with van der Waals surface area (Å²) in [6, 6.07) is 7.12. The second-order valence-corrected chi connectivity index (χ2v) is 4.74. The molecule has 1 aromatic rings. The third kappa shape index (κ3) is 3.94. The second-order valence-electron chi connectivity index (χ2n) is 4.74. The standard InChI is InChI=1S/C14H19NO4/c1-9-13(17)7-8-14(18-9)19-12-5-3-11(4-6-12)15-10(2)16/h3-6,9,13-14,17H,7-8H2,1-2H3,(H,15,16)/t9-,13?,14-/m0/s1. The van der Waals surface area contributed by atoms with E-state index < -0.39 is 6.10 Å². The summed E-state index contributed by atoms with van der Waals surface area (Å²) in [5.41, 5.74) is 0.730. The summed E-state index contributed by atoms with van der Waals surface area (Å²) >= 11 is 0. The first-order valence-corrected chi connectivity index (χ1v) is 6.42. The van der Waals surface area contributed by atoms with Crippen LogP contribution in [0.1, 0.15) is 26.7 Å². The van der Waals surface area contributed by atoms with Gasteiger partial charge in [0.1, 0.15) is 5.75 Å². The molecule has 0 spiro atoms. The van der Waals surface area contributed by atoms with Gasteiger partial charge in [0.2, 0.25) is 5.91 Å². The molecular weight excluding hydrogens is 246 g/mol. The maximum Gasteiger partial charge on any atom is 0.221 e. The van der Waals surface area contributed by atoms with E-state index in [-0.39, 0.29) is 18.3 Å². The van der Waals surface area contributed by atoms with Crippen molar-refractivity contribution in [2.45, 2.75) is 45.2 Å². The molecule has 104 valence electrons. The van der Waals surface area contributed by atoms with Crippen LogP contribution >= 0.6 is 0 Å². The summed E-state index contributed by atoms with van der Waals surface area (Å²) in [7, 11) is 0.